The summed E-state index contributed by atoms with van der Waals surface area (Å²) in [5.41, 5.74) is 7.14. The van der Waals surface area contributed by atoms with E-state index in [1.807, 2.05) is 36.1 Å². The number of carbonyl (C=O) groups excluding carboxylic acids is 1. The highest BCUT2D eigenvalue weighted by molar-refractivity contribution is 5.80. The molecule has 1 aliphatic heterocycles. The molecule has 2 aliphatic rings. The lowest BCUT2D eigenvalue weighted by Crippen LogP contribution is -2.39. The van der Waals surface area contributed by atoms with Gasteiger partial charge < -0.3 is 20.1 Å². The second kappa shape index (κ2) is 6.89. The minimum atomic E-state index is -0.434. The van der Waals surface area contributed by atoms with Crippen LogP contribution in [0.5, 0.6) is 5.75 Å². The first kappa shape index (κ1) is 16.3. The summed E-state index contributed by atoms with van der Waals surface area (Å²) in [5.74, 6) is 1.94. The molecule has 1 aromatic carbocycles. The van der Waals surface area contributed by atoms with Crippen LogP contribution in [0.3, 0.4) is 0 Å². The van der Waals surface area contributed by atoms with Crippen molar-refractivity contribution < 1.29 is 14.3 Å². The predicted octanol–water partition coefficient (Wildman–Crippen LogP) is 1.80. The molecule has 5 heteroatoms. The molecule has 4 atom stereocenters. The summed E-state index contributed by atoms with van der Waals surface area (Å²) < 4.78 is 11.0. The van der Waals surface area contributed by atoms with Gasteiger partial charge in [-0.3, -0.25) is 4.79 Å². The molecule has 0 radical (unpaired) electrons. The van der Waals surface area contributed by atoms with Crippen molar-refractivity contribution >= 4 is 5.91 Å². The van der Waals surface area contributed by atoms with Gasteiger partial charge in [0.1, 0.15) is 11.9 Å². The van der Waals surface area contributed by atoms with Gasteiger partial charge >= 0.3 is 0 Å². The van der Waals surface area contributed by atoms with Crippen LogP contribution in [0, 0.1) is 11.8 Å². The minimum Gasteiger partial charge on any atom is -0.497 e. The van der Waals surface area contributed by atoms with Gasteiger partial charge in [-0.1, -0.05) is 12.1 Å². The number of benzene rings is 1. The van der Waals surface area contributed by atoms with Gasteiger partial charge in [0, 0.05) is 19.1 Å². The molecular formula is C18H26N2O3. The Morgan fingerprint density at radius 3 is 2.96 bits per heavy atom. The Morgan fingerprint density at radius 2 is 2.22 bits per heavy atom. The zero-order valence-corrected chi connectivity index (χ0v) is 13.9. The Kier molecular flexibility index (Phi) is 4.87. The maximum Gasteiger partial charge on any atom is 0.251 e. The summed E-state index contributed by atoms with van der Waals surface area (Å²) in [4.78, 5) is 14.5. The van der Waals surface area contributed by atoms with Crippen LogP contribution in [0.4, 0.5) is 0 Å². The molecule has 5 nitrogen and oxygen atoms in total. The molecule has 4 unspecified atom stereocenters. The molecule has 126 valence electrons. The summed E-state index contributed by atoms with van der Waals surface area (Å²) in [7, 11) is 1.64. The SMILES string of the molecule is COc1cccc(COC(C)C(=O)N2CC3CCC(N)C3C2)c1. The topological polar surface area (TPSA) is 64.8 Å². The number of likely N-dealkylation sites (tertiary alicyclic amines) is 1. The quantitative estimate of drug-likeness (QED) is 0.899. The van der Waals surface area contributed by atoms with Crippen LogP contribution >= 0.6 is 0 Å². The lowest BCUT2D eigenvalue weighted by atomic mass is 9.98. The number of fused-ring (bicyclic) bond motifs is 1. The summed E-state index contributed by atoms with van der Waals surface area (Å²) in [6, 6.07) is 7.97. The van der Waals surface area contributed by atoms with Gasteiger partial charge in [0.15, 0.2) is 0 Å². The highest BCUT2D eigenvalue weighted by atomic mass is 16.5. The van der Waals surface area contributed by atoms with Crippen molar-refractivity contribution in [1.29, 1.82) is 0 Å². The second-order valence-electron chi connectivity index (χ2n) is 6.71. The summed E-state index contributed by atoms with van der Waals surface area (Å²) in [6.45, 7) is 3.86. The Hall–Kier alpha value is -1.59. The predicted molar refractivity (Wildman–Crippen MR) is 88.0 cm³/mol. The van der Waals surface area contributed by atoms with E-state index in [9.17, 15) is 4.79 Å². The molecule has 0 bridgehead atoms. The average Bonchev–Trinajstić information content (AvgIpc) is 3.14. The molecule has 1 aliphatic carbocycles. The number of hydrogen-bond donors (Lipinski definition) is 1. The number of ether oxygens (including phenoxy) is 2. The largest absolute Gasteiger partial charge is 0.497 e. The van der Waals surface area contributed by atoms with Gasteiger partial charge in [0.25, 0.3) is 5.91 Å². The van der Waals surface area contributed by atoms with Crippen LogP contribution in [0.2, 0.25) is 0 Å². The van der Waals surface area contributed by atoms with Crippen molar-refractivity contribution in [2.75, 3.05) is 20.2 Å². The molecule has 0 aromatic heterocycles. The first-order chi connectivity index (χ1) is 11.1. The smallest absolute Gasteiger partial charge is 0.251 e. The third kappa shape index (κ3) is 3.51. The van der Waals surface area contributed by atoms with E-state index in [1.165, 1.54) is 0 Å². The average molecular weight is 318 g/mol. The van der Waals surface area contributed by atoms with Crippen LogP contribution in [0.15, 0.2) is 24.3 Å². The molecule has 1 heterocycles. The number of methoxy groups -OCH3 is 1. The number of nitrogens with zero attached hydrogens (tertiary/aromatic N) is 1. The highest BCUT2D eigenvalue weighted by Gasteiger charge is 2.43. The molecule has 2 fully saturated rings. The van der Waals surface area contributed by atoms with Crippen LogP contribution in [0.1, 0.15) is 25.3 Å². The van der Waals surface area contributed by atoms with E-state index >= 15 is 0 Å². The Balaban J connectivity index is 1.52. The molecule has 1 amide bonds. The zero-order chi connectivity index (χ0) is 16.4. The number of rotatable bonds is 5. The summed E-state index contributed by atoms with van der Waals surface area (Å²) in [5, 5.41) is 0. The monoisotopic (exact) mass is 318 g/mol. The van der Waals surface area contributed by atoms with Crippen molar-refractivity contribution in [1.82, 2.24) is 4.90 Å². The molecule has 23 heavy (non-hydrogen) atoms. The third-order valence-electron chi connectivity index (χ3n) is 5.21. The second-order valence-corrected chi connectivity index (χ2v) is 6.71. The maximum atomic E-state index is 12.6. The standard InChI is InChI=1S/C18H26N2O3/c1-12(23-11-13-4-3-5-15(8-13)22-2)18(21)20-9-14-6-7-17(19)16(14)10-20/h3-5,8,12,14,16-17H,6-7,9-11,19H2,1-2H3. The van der Waals surface area contributed by atoms with Crippen molar-refractivity contribution in [2.24, 2.45) is 17.6 Å². The third-order valence-corrected chi connectivity index (χ3v) is 5.21. The van der Waals surface area contributed by atoms with Gasteiger partial charge in [0.2, 0.25) is 0 Å². The molecule has 1 saturated carbocycles. The fraction of sp³-hybridized carbons (Fsp3) is 0.611. The Labute approximate surface area is 137 Å². The highest BCUT2D eigenvalue weighted by Crippen LogP contribution is 2.37. The normalized spacial score (nSPS) is 27.8. The van der Waals surface area contributed by atoms with Crippen LogP contribution in [-0.4, -0.2) is 43.2 Å². The van der Waals surface area contributed by atoms with Crippen LogP contribution < -0.4 is 10.5 Å². The minimum absolute atomic E-state index is 0.0782. The molecule has 1 aromatic rings. The van der Waals surface area contributed by atoms with Crippen molar-refractivity contribution in [3.8, 4) is 5.75 Å². The van der Waals surface area contributed by atoms with E-state index in [-0.39, 0.29) is 11.9 Å². The van der Waals surface area contributed by atoms with E-state index in [1.54, 1.807) is 7.11 Å². The Morgan fingerprint density at radius 1 is 1.39 bits per heavy atom. The molecular weight excluding hydrogens is 292 g/mol. The van der Waals surface area contributed by atoms with Crippen molar-refractivity contribution in [3.63, 3.8) is 0 Å². The lowest BCUT2D eigenvalue weighted by Gasteiger charge is -2.22. The van der Waals surface area contributed by atoms with Crippen LogP contribution in [0.25, 0.3) is 0 Å². The number of hydrogen-bond acceptors (Lipinski definition) is 4. The van der Waals surface area contributed by atoms with Crippen molar-refractivity contribution in [3.05, 3.63) is 29.8 Å². The Bertz CT molecular complexity index is 563. The van der Waals surface area contributed by atoms with Gasteiger partial charge in [-0.05, 0) is 49.3 Å². The number of carbonyl (C=O) groups is 1. The van der Waals surface area contributed by atoms with Crippen molar-refractivity contribution in [2.45, 2.75) is 38.5 Å². The summed E-state index contributed by atoms with van der Waals surface area (Å²) >= 11 is 0. The number of nitrogens with two attached hydrogens (primary N) is 1. The van der Waals surface area contributed by atoms with E-state index in [0.717, 1.165) is 37.2 Å². The number of amides is 1. The van der Waals surface area contributed by atoms with Gasteiger partial charge in [0.05, 0.1) is 13.7 Å². The zero-order valence-electron chi connectivity index (χ0n) is 13.9. The van der Waals surface area contributed by atoms with Gasteiger partial charge in [-0.2, -0.15) is 0 Å². The fourth-order valence-electron chi connectivity index (χ4n) is 3.80. The van der Waals surface area contributed by atoms with E-state index in [0.29, 0.717) is 18.4 Å². The van der Waals surface area contributed by atoms with Gasteiger partial charge in [-0.15, -0.1) is 0 Å². The first-order valence-electron chi connectivity index (χ1n) is 8.37. The van der Waals surface area contributed by atoms with Gasteiger partial charge in [-0.25, -0.2) is 0 Å². The summed E-state index contributed by atoms with van der Waals surface area (Å²) in [6.07, 6.45) is 1.81. The molecule has 3 rings (SSSR count). The van der Waals surface area contributed by atoms with E-state index < -0.39 is 6.10 Å². The van der Waals surface area contributed by atoms with Crippen LogP contribution in [-0.2, 0) is 16.1 Å². The molecule has 0 spiro atoms. The van der Waals surface area contributed by atoms with E-state index in [2.05, 4.69) is 0 Å². The molecule has 1 saturated heterocycles. The maximum absolute atomic E-state index is 12.6. The lowest BCUT2D eigenvalue weighted by molar-refractivity contribution is -0.142. The fourth-order valence-corrected chi connectivity index (χ4v) is 3.80. The first-order valence-corrected chi connectivity index (χ1v) is 8.37. The molecule has 2 N–H and O–H groups in total. The van der Waals surface area contributed by atoms with E-state index in [4.69, 9.17) is 15.2 Å².